The summed E-state index contributed by atoms with van der Waals surface area (Å²) >= 11 is 1.68. The molecule has 1 heterocycles. The SMILES string of the molecule is C=CCc1ccc(OCc2ccccc2)s1. The van der Waals surface area contributed by atoms with E-state index in [0.29, 0.717) is 6.61 Å². The van der Waals surface area contributed by atoms with Crippen LogP contribution in [0.25, 0.3) is 0 Å². The van der Waals surface area contributed by atoms with Crippen LogP contribution in [-0.4, -0.2) is 0 Å². The predicted molar refractivity (Wildman–Crippen MR) is 69.0 cm³/mol. The number of rotatable bonds is 5. The van der Waals surface area contributed by atoms with Gasteiger partial charge in [-0.2, -0.15) is 0 Å². The fourth-order valence-electron chi connectivity index (χ4n) is 1.42. The second kappa shape index (κ2) is 5.52. The van der Waals surface area contributed by atoms with Crippen LogP contribution in [0.15, 0.2) is 55.1 Å². The van der Waals surface area contributed by atoms with Crippen molar-refractivity contribution in [2.24, 2.45) is 0 Å². The molecule has 0 fully saturated rings. The smallest absolute Gasteiger partial charge is 0.174 e. The Hall–Kier alpha value is -1.54. The van der Waals surface area contributed by atoms with Crippen molar-refractivity contribution in [3.8, 4) is 5.06 Å². The number of hydrogen-bond donors (Lipinski definition) is 0. The van der Waals surface area contributed by atoms with E-state index < -0.39 is 0 Å². The molecule has 0 saturated carbocycles. The van der Waals surface area contributed by atoms with Gasteiger partial charge in [0.05, 0.1) is 0 Å². The van der Waals surface area contributed by atoms with Crippen LogP contribution in [0.4, 0.5) is 0 Å². The second-order valence-electron chi connectivity index (χ2n) is 3.49. The van der Waals surface area contributed by atoms with E-state index in [1.807, 2.05) is 30.3 Å². The maximum Gasteiger partial charge on any atom is 0.174 e. The maximum atomic E-state index is 5.70. The zero-order valence-corrected chi connectivity index (χ0v) is 9.87. The fraction of sp³-hybridized carbons (Fsp3) is 0.143. The molecular weight excluding hydrogens is 216 g/mol. The van der Waals surface area contributed by atoms with E-state index in [9.17, 15) is 0 Å². The highest BCUT2D eigenvalue weighted by atomic mass is 32.1. The van der Waals surface area contributed by atoms with Crippen molar-refractivity contribution in [1.82, 2.24) is 0 Å². The lowest BCUT2D eigenvalue weighted by atomic mass is 10.2. The van der Waals surface area contributed by atoms with Crippen LogP contribution in [0.3, 0.4) is 0 Å². The van der Waals surface area contributed by atoms with Crippen molar-refractivity contribution in [3.05, 3.63) is 65.6 Å². The third-order valence-corrected chi connectivity index (χ3v) is 3.23. The Morgan fingerprint density at radius 2 is 1.94 bits per heavy atom. The average molecular weight is 230 g/mol. The van der Waals surface area contributed by atoms with Crippen molar-refractivity contribution >= 4 is 11.3 Å². The average Bonchev–Trinajstić information content (AvgIpc) is 2.76. The summed E-state index contributed by atoms with van der Waals surface area (Å²) in [7, 11) is 0. The minimum atomic E-state index is 0.634. The first-order chi connectivity index (χ1) is 7.88. The predicted octanol–water partition coefficient (Wildman–Crippen LogP) is 4.06. The third-order valence-electron chi connectivity index (χ3n) is 2.21. The van der Waals surface area contributed by atoms with Gasteiger partial charge >= 0.3 is 0 Å². The Balaban J connectivity index is 1.92. The highest BCUT2D eigenvalue weighted by Gasteiger charge is 1.99. The maximum absolute atomic E-state index is 5.70. The largest absolute Gasteiger partial charge is 0.479 e. The third kappa shape index (κ3) is 2.97. The lowest BCUT2D eigenvalue weighted by Gasteiger charge is -2.02. The van der Waals surface area contributed by atoms with E-state index in [1.54, 1.807) is 11.3 Å². The van der Waals surface area contributed by atoms with Crippen LogP contribution in [0.2, 0.25) is 0 Å². The summed E-state index contributed by atoms with van der Waals surface area (Å²) < 4.78 is 5.70. The van der Waals surface area contributed by atoms with E-state index >= 15 is 0 Å². The van der Waals surface area contributed by atoms with Gasteiger partial charge in [-0.25, -0.2) is 0 Å². The molecule has 0 aliphatic heterocycles. The van der Waals surface area contributed by atoms with Gasteiger partial charge in [0.1, 0.15) is 6.61 Å². The Morgan fingerprint density at radius 3 is 2.69 bits per heavy atom. The van der Waals surface area contributed by atoms with Crippen molar-refractivity contribution in [2.75, 3.05) is 0 Å². The first-order valence-corrected chi connectivity index (χ1v) is 6.06. The van der Waals surface area contributed by atoms with Gasteiger partial charge < -0.3 is 4.74 Å². The van der Waals surface area contributed by atoms with Gasteiger partial charge in [0.25, 0.3) is 0 Å². The number of benzene rings is 1. The van der Waals surface area contributed by atoms with Crippen LogP contribution in [0.5, 0.6) is 5.06 Å². The van der Waals surface area contributed by atoms with Crippen LogP contribution in [0.1, 0.15) is 10.4 Å². The van der Waals surface area contributed by atoms with Crippen LogP contribution in [-0.2, 0) is 13.0 Å². The quantitative estimate of drug-likeness (QED) is 0.704. The number of hydrogen-bond acceptors (Lipinski definition) is 2. The van der Waals surface area contributed by atoms with E-state index in [0.717, 1.165) is 11.5 Å². The Labute approximate surface area is 100 Å². The summed E-state index contributed by atoms with van der Waals surface area (Å²) in [6.45, 7) is 4.36. The minimum absolute atomic E-state index is 0.634. The van der Waals surface area contributed by atoms with E-state index in [-0.39, 0.29) is 0 Å². The molecule has 0 aliphatic rings. The molecule has 0 bridgehead atoms. The molecular formula is C14H14OS. The molecule has 0 amide bonds. The molecule has 1 nitrogen and oxygen atoms in total. The minimum Gasteiger partial charge on any atom is -0.479 e. The van der Waals surface area contributed by atoms with E-state index in [1.165, 1.54) is 10.4 Å². The monoisotopic (exact) mass is 230 g/mol. The van der Waals surface area contributed by atoms with Gasteiger partial charge in [0.15, 0.2) is 5.06 Å². The number of thiophene rings is 1. The first kappa shape index (κ1) is 11.0. The van der Waals surface area contributed by atoms with Gasteiger partial charge in [0.2, 0.25) is 0 Å². The summed E-state index contributed by atoms with van der Waals surface area (Å²) in [6.07, 6.45) is 2.83. The van der Waals surface area contributed by atoms with Gasteiger partial charge in [0, 0.05) is 4.88 Å². The van der Waals surface area contributed by atoms with Gasteiger partial charge in [-0.05, 0) is 24.1 Å². The van der Waals surface area contributed by atoms with E-state index in [2.05, 4.69) is 24.8 Å². The Kier molecular flexibility index (Phi) is 3.78. The van der Waals surface area contributed by atoms with Crippen molar-refractivity contribution < 1.29 is 4.74 Å². The fourth-order valence-corrected chi connectivity index (χ4v) is 2.27. The molecule has 0 unspecified atom stereocenters. The topological polar surface area (TPSA) is 9.23 Å². The molecule has 0 atom stereocenters. The van der Waals surface area contributed by atoms with Gasteiger partial charge in [-0.1, -0.05) is 36.4 Å². The molecule has 16 heavy (non-hydrogen) atoms. The Morgan fingerprint density at radius 1 is 1.12 bits per heavy atom. The molecule has 2 aromatic rings. The summed E-state index contributed by atoms with van der Waals surface area (Å²) in [5, 5.41) is 0.973. The summed E-state index contributed by atoms with van der Waals surface area (Å²) in [5.41, 5.74) is 1.20. The molecule has 0 aliphatic carbocycles. The van der Waals surface area contributed by atoms with Crippen molar-refractivity contribution in [1.29, 1.82) is 0 Å². The van der Waals surface area contributed by atoms with Crippen molar-refractivity contribution in [3.63, 3.8) is 0 Å². The second-order valence-corrected chi connectivity index (χ2v) is 4.62. The summed E-state index contributed by atoms with van der Waals surface area (Å²) in [5.74, 6) is 0. The highest BCUT2D eigenvalue weighted by molar-refractivity contribution is 7.13. The first-order valence-electron chi connectivity index (χ1n) is 5.25. The molecule has 0 radical (unpaired) electrons. The summed E-state index contributed by atoms with van der Waals surface area (Å²) in [4.78, 5) is 1.29. The van der Waals surface area contributed by atoms with Gasteiger partial charge in [-0.3, -0.25) is 0 Å². The standard InChI is InChI=1S/C14H14OS/c1-2-6-13-9-10-14(16-13)15-11-12-7-4-3-5-8-12/h2-5,7-10H,1,6,11H2. The number of allylic oxidation sites excluding steroid dienone is 1. The zero-order valence-electron chi connectivity index (χ0n) is 9.06. The molecule has 0 saturated heterocycles. The van der Waals surface area contributed by atoms with Crippen LogP contribution in [0, 0.1) is 0 Å². The summed E-state index contributed by atoms with van der Waals surface area (Å²) in [6, 6.07) is 14.3. The Bertz CT molecular complexity index is 445. The number of ether oxygens (including phenoxy) is 1. The molecule has 0 N–H and O–H groups in total. The molecule has 0 spiro atoms. The molecule has 1 aromatic carbocycles. The zero-order chi connectivity index (χ0) is 11.2. The lowest BCUT2D eigenvalue weighted by Crippen LogP contribution is -1.92. The van der Waals surface area contributed by atoms with Crippen LogP contribution >= 0.6 is 11.3 Å². The normalized spacial score (nSPS) is 10.0. The molecule has 2 heteroatoms. The molecule has 82 valence electrons. The molecule has 1 aromatic heterocycles. The molecule has 2 rings (SSSR count). The van der Waals surface area contributed by atoms with E-state index in [4.69, 9.17) is 4.74 Å². The van der Waals surface area contributed by atoms with Crippen molar-refractivity contribution in [2.45, 2.75) is 13.0 Å². The highest BCUT2D eigenvalue weighted by Crippen LogP contribution is 2.25. The van der Waals surface area contributed by atoms with Gasteiger partial charge in [-0.15, -0.1) is 17.9 Å². The van der Waals surface area contributed by atoms with Crippen LogP contribution < -0.4 is 4.74 Å². The lowest BCUT2D eigenvalue weighted by molar-refractivity contribution is 0.315.